The smallest absolute Gasteiger partial charge is 0.119 e. The van der Waals surface area contributed by atoms with E-state index in [0.717, 1.165) is 11.4 Å². The molecule has 4 heteroatoms. The van der Waals surface area contributed by atoms with E-state index in [2.05, 4.69) is 0 Å². The lowest BCUT2D eigenvalue weighted by Gasteiger charge is -2.23. The van der Waals surface area contributed by atoms with Crippen LogP contribution < -0.4 is 9.64 Å². The Labute approximate surface area is 109 Å². The molecule has 0 amide bonds. The molecule has 4 nitrogen and oxygen atoms in total. The van der Waals surface area contributed by atoms with E-state index in [1.165, 1.54) is 0 Å². The van der Waals surface area contributed by atoms with Crippen molar-refractivity contribution in [3.63, 3.8) is 0 Å². The van der Waals surface area contributed by atoms with Crippen LogP contribution in [0.5, 0.6) is 5.75 Å². The summed E-state index contributed by atoms with van der Waals surface area (Å²) in [5.74, 6) is 0.829. The quantitative estimate of drug-likeness (QED) is 0.806. The molecule has 0 fully saturated rings. The Morgan fingerprint density at radius 3 is 2.33 bits per heavy atom. The Hall–Kier alpha value is -1.26. The van der Waals surface area contributed by atoms with Crippen LogP contribution in [0.1, 0.15) is 13.8 Å². The monoisotopic (exact) mass is 253 g/mol. The van der Waals surface area contributed by atoms with Gasteiger partial charge in [-0.3, -0.25) is 0 Å². The highest BCUT2D eigenvalue weighted by atomic mass is 16.5. The molecule has 102 valence electrons. The van der Waals surface area contributed by atoms with Gasteiger partial charge in [0.15, 0.2) is 0 Å². The Kier molecular flexibility index (Phi) is 5.95. The normalized spacial score (nSPS) is 12.6. The van der Waals surface area contributed by atoms with Crippen molar-refractivity contribution in [1.29, 1.82) is 0 Å². The maximum absolute atomic E-state index is 9.84. The van der Waals surface area contributed by atoms with Gasteiger partial charge in [0, 0.05) is 19.3 Å². The summed E-state index contributed by atoms with van der Waals surface area (Å²) in [7, 11) is 3.59. The first kappa shape index (κ1) is 14.8. The number of nitrogens with zero attached hydrogens (tertiary/aromatic N) is 1. The molecule has 0 aliphatic heterocycles. The number of benzene rings is 1. The van der Waals surface area contributed by atoms with E-state index in [1.807, 2.05) is 50.1 Å². The first-order chi connectivity index (χ1) is 8.52. The van der Waals surface area contributed by atoms with Gasteiger partial charge in [0.1, 0.15) is 5.75 Å². The standard InChI is InChI=1S/C14H23NO3/c1-11(2)18-10-13(16)9-15(3)12-5-7-14(17-4)8-6-12/h5-8,11,13,16H,9-10H2,1-4H3. The SMILES string of the molecule is COc1ccc(N(C)CC(O)COC(C)C)cc1. The van der Waals surface area contributed by atoms with Gasteiger partial charge in [0.25, 0.3) is 0 Å². The van der Waals surface area contributed by atoms with Gasteiger partial charge in [-0.25, -0.2) is 0 Å². The highest BCUT2D eigenvalue weighted by molar-refractivity contribution is 5.48. The molecule has 1 unspecified atom stereocenters. The number of hydrogen-bond acceptors (Lipinski definition) is 4. The van der Waals surface area contributed by atoms with Crippen molar-refractivity contribution in [1.82, 2.24) is 0 Å². The van der Waals surface area contributed by atoms with Crippen molar-refractivity contribution in [2.75, 3.05) is 32.2 Å². The number of aliphatic hydroxyl groups excluding tert-OH is 1. The van der Waals surface area contributed by atoms with E-state index in [0.29, 0.717) is 13.2 Å². The van der Waals surface area contributed by atoms with Crippen molar-refractivity contribution >= 4 is 5.69 Å². The van der Waals surface area contributed by atoms with E-state index in [1.54, 1.807) is 7.11 Å². The van der Waals surface area contributed by atoms with Crippen LogP contribution in [0.4, 0.5) is 5.69 Å². The molecule has 18 heavy (non-hydrogen) atoms. The maximum Gasteiger partial charge on any atom is 0.119 e. The summed E-state index contributed by atoms with van der Waals surface area (Å²) in [6, 6.07) is 7.75. The molecule has 1 rings (SSSR count). The molecule has 0 aliphatic rings. The topological polar surface area (TPSA) is 41.9 Å². The van der Waals surface area contributed by atoms with Crippen molar-refractivity contribution < 1.29 is 14.6 Å². The number of hydrogen-bond donors (Lipinski definition) is 1. The van der Waals surface area contributed by atoms with Crippen LogP contribution in [0.2, 0.25) is 0 Å². The zero-order valence-corrected chi connectivity index (χ0v) is 11.6. The third-order valence-corrected chi connectivity index (χ3v) is 2.62. The lowest BCUT2D eigenvalue weighted by molar-refractivity contribution is 0.00927. The largest absolute Gasteiger partial charge is 0.497 e. The fraction of sp³-hybridized carbons (Fsp3) is 0.571. The molecule has 0 saturated carbocycles. The van der Waals surface area contributed by atoms with Crippen molar-refractivity contribution in [2.24, 2.45) is 0 Å². The predicted octanol–water partition coefficient (Wildman–Crippen LogP) is 1.92. The maximum atomic E-state index is 9.84. The summed E-state index contributed by atoms with van der Waals surface area (Å²) in [5, 5.41) is 9.84. The Bertz CT molecular complexity index is 337. The molecule has 1 atom stereocenters. The fourth-order valence-corrected chi connectivity index (χ4v) is 1.61. The minimum absolute atomic E-state index is 0.144. The van der Waals surface area contributed by atoms with Crippen LogP contribution in [0.25, 0.3) is 0 Å². The van der Waals surface area contributed by atoms with Gasteiger partial charge in [0.05, 0.1) is 25.9 Å². The number of likely N-dealkylation sites (N-methyl/N-ethyl adjacent to an activating group) is 1. The van der Waals surface area contributed by atoms with Crippen LogP contribution in [-0.4, -0.2) is 44.6 Å². The van der Waals surface area contributed by atoms with Crippen LogP contribution in [0.15, 0.2) is 24.3 Å². The lowest BCUT2D eigenvalue weighted by atomic mass is 10.2. The highest BCUT2D eigenvalue weighted by Gasteiger charge is 2.10. The second-order valence-electron chi connectivity index (χ2n) is 4.61. The van der Waals surface area contributed by atoms with Crippen LogP contribution in [0.3, 0.4) is 0 Å². The summed E-state index contributed by atoms with van der Waals surface area (Å²) in [6.07, 6.45) is -0.342. The average Bonchev–Trinajstić information content (AvgIpc) is 2.36. The summed E-state index contributed by atoms with van der Waals surface area (Å²) >= 11 is 0. The number of aliphatic hydroxyl groups is 1. The van der Waals surface area contributed by atoms with E-state index in [9.17, 15) is 5.11 Å². The second-order valence-corrected chi connectivity index (χ2v) is 4.61. The fourth-order valence-electron chi connectivity index (χ4n) is 1.61. The Balaban J connectivity index is 2.45. The highest BCUT2D eigenvalue weighted by Crippen LogP contribution is 2.18. The van der Waals surface area contributed by atoms with E-state index in [-0.39, 0.29) is 6.10 Å². The third-order valence-electron chi connectivity index (χ3n) is 2.62. The van der Waals surface area contributed by atoms with Crippen molar-refractivity contribution in [3.8, 4) is 5.75 Å². The van der Waals surface area contributed by atoms with Gasteiger partial charge in [-0.2, -0.15) is 0 Å². The molecule has 1 aromatic carbocycles. The predicted molar refractivity (Wildman–Crippen MR) is 73.4 cm³/mol. The van der Waals surface area contributed by atoms with Gasteiger partial charge < -0.3 is 19.5 Å². The third kappa shape index (κ3) is 4.94. The molecule has 0 heterocycles. The van der Waals surface area contributed by atoms with Gasteiger partial charge in [-0.15, -0.1) is 0 Å². The van der Waals surface area contributed by atoms with Crippen LogP contribution in [0, 0.1) is 0 Å². The molecule has 0 saturated heterocycles. The van der Waals surface area contributed by atoms with E-state index >= 15 is 0 Å². The molecule has 0 aromatic heterocycles. The van der Waals surface area contributed by atoms with Gasteiger partial charge in [-0.05, 0) is 38.1 Å². The van der Waals surface area contributed by atoms with E-state index < -0.39 is 6.10 Å². The van der Waals surface area contributed by atoms with Crippen LogP contribution in [-0.2, 0) is 4.74 Å². The second kappa shape index (κ2) is 7.24. The van der Waals surface area contributed by atoms with Crippen molar-refractivity contribution in [2.45, 2.75) is 26.1 Å². The molecule has 0 aliphatic carbocycles. The summed E-state index contributed by atoms with van der Waals surface area (Å²) in [4.78, 5) is 1.99. The first-order valence-electron chi connectivity index (χ1n) is 6.17. The molecule has 0 spiro atoms. The number of methoxy groups -OCH3 is 1. The zero-order valence-electron chi connectivity index (χ0n) is 11.6. The zero-order chi connectivity index (χ0) is 13.5. The first-order valence-corrected chi connectivity index (χ1v) is 6.17. The number of anilines is 1. The molecular weight excluding hydrogens is 230 g/mol. The molecule has 0 bridgehead atoms. The number of rotatable bonds is 7. The summed E-state index contributed by atoms with van der Waals surface area (Å²) < 4.78 is 10.5. The minimum atomic E-state index is -0.487. The Morgan fingerprint density at radius 1 is 1.22 bits per heavy atom. The molecular formula is C14H23NO3. The van der Waals surface area contributed by atoms with Gasteiger partial charge >= 0.3 is 0 Å². The van der Waals surface area contributed by atoms with Gasteiger partial charge in [-0.1, -0.05) is 0 Å². The average molecular weight is 253 g/mol. The summed E-state index contributed by atoms with van der Waals surface area (Å²) in [6.45, 7) is 4.82. The van der Waals surface area contributed by atoms with Crippen LogP contribution >= 0.6 is 0 Å². The lowest BCUT2D eigenvalue weighted by Crippen LogP contribution is -2.32. The molecule has 1 aromatic rings. The van der Waals surface area contributed by atoms with Crippen molar-refractivity contribution in [3.05, 3.63) is 24.3 Å². The minimum Gasteiger partial charge on any atom is -0.497 e. The summed E-state index contributed by atoms with van der Waals surface area (Å²) in [5.41, 5.74) is 1.04. The Morgan fingerprint density at radius 2 is 1.83 bits per heavy atom. The molecule has 0 radical (unpaired) electrons. The number of ether oxygens (including phenoxy) is 2. The molecule has 1 N–H and O–H groups in total. The van der Waals surface area contributed by atoms with E-state index in [4.69, 9.17) is 9.47 Å². The van der Waals surface area contributed by atoms with Gasteiger partial charge in [0.2, 0.25) is 0 Å².